The van der Waals surface area contributed by atoms with Crippen molar-refractivity contribution in [1.82, 2.24) is 0 Å². The van der Waals surface area contributed by atoms with Crippen LogP contribution in [-0.2, 0) is 0 Å². The molecular formula is C19H42N+. The quantitative estimate of drug-likeness (QED) is 0.264. The van der Waals surface area contributed by atoms with Crippen LogP contribution in [0.4, 0.5) is 0 Å². The summed E-state index contributed by atoms with van der Waals surface area (Å²) < 4.78 is 1.22. The van der Waals surface area contributed by atoms with Crippen molar-refractivity contribution in [2.45, 2.75) is 104 Å². The van der Waals surface area contributed by atoms with Crippen LogP contribution in [0.2, 0.25) is 0 Å². The smallest absolute Gasteiger partial charge is 0.0857 e. The van der Waals surface area contributed by atoms with E-state index in [9.17, 15) is 0 Å². The minimum Gasteiger partial charge on any atom is -0.326 e. The predicted molar refractivity (Wildman–Crippen MR) is 93.2 cm³/mol. The first kappa shape index (κ1) is 20.0. The molecule has 0 fully saturated rings. The zero-order valence-electron chi connectivity index (χ0n) is 15.2. The Bertz CT molecular complexity index is 198. The summed E-state index contributed by atoms with van der Waals surface area (Å²) >= 11 is 0. The van der Waals surface area contributed by atoms with Gasteiger partial charge in [-0.1, -0.05) is 65.2 Å². The van der Waals surface area contributed by atoms with Gasteiger partial charge in [-0.05, 0) is 32.6 Å². The second kappa shape index (κ2) is 12.7. The Morgan fingerprint density at radius 2 is 1.10 bits per heavy atom. The monoisotopic (exact) mass is 284 g/mol. The molecule has 0 aliphatic carbocycles. The summed E-state index contributed by atoms with van der Waals surface area (Å²) in [5.41, 5.74) is 0. The van der Waals surface area contributed by atoms with E-state index in [1.165, 1.54) is 88.1 Å². The molecule has 0 aromatic heterocycles. The molecule has 0 N–H and O–H groups in total. The van der Waals surface area contributed by atoms with Crippen LogP contribution in [0.3, 0.4) is 0 Å². The Hall–Kier alpha value is -0.0400. The van der Waals surface area contributed by atoms with Gasteiger partial charge in [0.25, 0.3) is 0 Å². The molecule has 0 saturated carbocycles. The lowest BCUT2D eigenvalue weighted by Crippen LogP contribution is -2.47. The first-order valence-corrected chi connectivity index (χ1v) is 9.37. The Morgan fingerprint density at radius 3 is 1.65 bits per heavy atom. The topological polar surface area (TPSA) is 0 Å². The molecule has 0 saturated heterocycles. The molecule has 0 aromatic carbocycles. The van der Waals surface area contributed by atoms with E-state index in [0.717, 1.165) is 6.04 Å². The maximum absolute atomic E-state index is 2.46. The summed E-state index contributed by atoms with van der Waals surface area (Å²) in [6.45, 7) is 8.40. The SMILES string of the molecule is CCCCCCCCCC(C)[N+](C)(C)CCCCCC. The second-order valence-electron chi connectivity index (χ2n) is 7.32. The summed E-state index contributed by atoms with van der Waals surface area (Å²) in [5, 5.41) is 0. The van der Waals surface area contributed by atoms with Gasteiger partial charge in [0.1, 0.15) is 0 Å². The number of hydrogen-bond donors (Lipinski definition) is 0. The minimum absolute atomic E-state index is 0.826. The summed E-state index contributed by atoms with van der Waals surface area (Å²) in [4.78, 5) is 0. The van der Waals surface area contributed by atoms with Crippen molar-refractivity contribution in [1.29, 1.82) is 0 Å². The van der Waals surface area contributed by atoms with Crippen molar-refractivity contribution in [2.24, 2.45) is 0 Å². The van der Waals surface area contributed by atoms with E-state index < -0.39 is 0 Å². The van der Waals surface area contributed by atoms with Crippen LogP contribution in [-0.4, -0.2) is 31.2 Å². The van der Waals surface area contributed by atoms with Crippen molar-refractivity contribution in [3.05, 3.63) is 0 Å². The molecule has 20 heavy (non-hydrogen) atoms. The second-order valence-corrected chi connectivity index (χ2v) is 7.32. The number of hydrogen-bond acceptors (Lipinski definition) is 0. The molecule has 0 bridgehead atoms. The molecule has 0 aliphatic rings. The highest BCUT2D eigenvalue weighted by atomic mass is 15.3. The maximum Gasteiger partial charge on any atom is 0.0857 e. The van der Waals surface area contributed by atoms with Crippen molar-refractivity contribution < 1.29 is 4.48 Å². The number of rotatable bonds is 14. The molecule has 0 spiro atoms. The average molecular weight is 285 g/mol. The molecule has 1 heteroatoms. The molecule has 122 valence electrons. The van der Waals surface area contributed by atoms with Gasteiger partial charge in [0, 0.05) is 0 Å². The third-order valence-corrected chi connectivity index (χ3v) is 5.01. The lowest BCUT2D eigenvalue weighted by molar-refractivity contribution is -0.913. The Morgan fingerprint density at radius 1 is 0.650 bits per heavy atom. The maximum atomic E-state index is 2.46. The van der Waals surface area contributed by atoms with Gasteiger partial charge in [-0.2, -0.15) is 0 Å². The fourth-order valence-electron chi connectivity index (χ4n) is 2.91. The van der Waals surface area contributed by atoms with Crippen LogP contribution >= 0.6 is 0 Å². The van der Waals surface area contributed by atoms with Crippen molar-refractivity contribution >= 4 is 0 Å². The van der Waals surface area contributed by atoms with Crippen LogP contribution in [0.5, 0.6) is 0 Å². The van der Waals surface area contributed by atoms with Gasteiger partial charge in [-0.3, -0.25) is 0 Å². The van der Waals surface area contributed by atoms with E-state index in [0.29, 0.717) is 0 Å². The summed E-state index contributed by atoms with van der Waals surface area (Å²) in [5.74, 6) is 0. The Kier molecular flexibility index (Phi) is 12.7. The van der Waals surface area contributed by atoms with Crippen LogP contribution in [0.1, 0.15) is 97.8 Å². The van der Waals surface area contributed by atoms with Gasteiger partial charge in [-0.15, -0.1) is 0 Å². The summed E-state index contributed by atoms with van der Waals surface area (Å²) in [6.07, 6.45) is 17.0. The van der Waals surface area contributed by atoms with Crippen LogP contribution < -0.4 is 0 Å². The van der Waals surface area contributed by atoms with Gasteiger partial charge in [-0.25, -0.2) is 0 Å². The van der Waals surface area contributed by atoms with Crippen LogP contribution in [0.15, 0.2) is 0 Å². The van der Waals surface area contributed by atoms with E-state index in [4.69, 9.17) is 0 Å². The molecule has 0 radical (unpaired) electrons. The number of nitrogens with zero attached hydrogens (tertiary/aromatic N) is 1. The van der Waals surface area contributed by atoms with E-state index in [1.807, 2.05) is 0 Å². The fourth-order valence-corrected chi connectivity index (χ4v) is 2.91. The van der Waals surface area contributed by atoms with Gasteiger partial charge < -0.3 is 4.48 Å². The van der Waals surface area contributed by atoms with E-state index in [2.05, 4.69) is 34.9 Å². The van der Waals surface area contributed by atoms with Gasteiger partial charge in [0.2, 0.25) is 0 Å². The molecule has 0 rings (SSSR count). The van der Waals surface area contributed by atoms with Crippen molar-refractivity contribution in [3.8, 4) is 0 Å². The van der Waals surface area contributed by atoms with E-state index in [1.54, 1.807) is 0 Å². The first-order valence-electron chi connectivity index (χ1n) is 9.37. The summed E-state index contributed by atoms with van der Waals surface area (Å²) in [7, 11) is 4.86. The van der Waals surface area contributed by atoms with Gasteiger partial charge in [0.05, 0.1) is 26.7 Å². The molecule has 0 aliphatic heterocycles. The fraction of sp³-hybridized carbons (Fsp3) is 1.00. The third-order valence-electron chi connectivity index (χ3n) is 5.01. The van der Waals surface area contributed by atoms with Crippen LogP contribution in [0, 0.1) is 0 Å². The highest BCUT2D eigenvalue weighted by Gasteiger charge is 2.22. The minimum atomic E-state index is 0.826. The van der Waals surface area contributed by atoms with Crippen molar-refractivity contribution in [3.63, 3.8) is 0 Å². The zero-order chi connectivity index (χ0) is 15.3. The van der Waals surface area contributed by atoms with Gasteiger partial charge >= 0.3 is 0 Å². The Balaban J connectivity index is 3.59. The highest BCUT2D eigenvalue weighted by molar-refractivity contribution is 4.54. The molecule has 1 unspecified atom stereocenters. The first-order chi connectivity index (χ1) is 9.54. The number of unbranched alkanes of at least 4 members (excludes halogenated alkanes) is 9. The summed E-state index contributed by atoms with van der Waals surface area (Å²) in [6, 6.07) is 0.826. The standard InChI is InChI=1S/C19H42N/c1-6-8-10-12-13-14-15-17-19(3)20(4,5)18-16-11-9-7-2/h19H,6-18H2,1-5H3/q+1. The zero-order valence-corrected chi connectivity index (χ0v) is 15.2. The molecule has 0 heterocycles. The molecule has 1 atom stereocenters. The predicted octanol–water partition coefficient (Wildman–Crippen LogP) is 6.17. The van der Waals surface area contributed by atoms with E-state index in [-0.39, 0.29) is 0 Å². The van der Waals surface area contributed by atoms with Crippen LogP contribution in [0.25, 0.3) is 0 Å². The Labute approximate surface area is 129 Å². The van der Waals surface area contributed by atoms with Crippen molar-refractivity contribution in [2.75, 3.05) is 20.6 Å². The molecule has 0 aromatic rings. The average Bonchev–Trinajstić information content (AvgIpc) is 2.42. The highest BCUT2D eigenvalue weighted by Crippen LogP contribution is 2.17. The van der Waals surface area contributed by atoms with Gasteiger partial charge in [0.15, 0.2) is 0 Å². The molecule has 0 amide bonds. The lowest BCUT2D eigenvalue weighted by atomic mass is 10.0. The molecular weight excluding hydrogens is 242 g/mol. The normalized spacial score (nSPS) is 13.7. The van der Waals surface area contributed by atoms with E-state index >= 15 is 0 Å². The largest absolute Gasteiger partial charge is 0.326 e. The third kappa shape index (κ3) is 10.7. The molecule has 1 nitrogen and oxygen atoms in total. The lowest BCUT2D eigenvalue weighted by Gasteiger charge is -2.36. The number of quaternary nitrogens is 1.